The van der Waals surface area contributed by atoms with Crippen molar-refractivity contribution < 1.29 is 19.4 Å². The van der Waals surface area contributed by atoms with E-state index in [0.717, 1.165) is 36.8 Å². The van der Waals surface area contributed by atoms with Gasteiger partial charge in [-0.3, -0.25) is 4.79 Å². The third-order valence-corrected chi connectivity index (χ3v) is 7.38. The molecule has 0 aliphatic heterocycles. The molecule has 0 bridgehead atoms. The van der Waals surface area contributed by atoms with Gasteiger partial charge in [0, 0.05) is 12.3 Å². The number of pyridine rings is 1. The summed E-state index contributed by atoms with van der Waals surface area (Å²) in [4.78, 5) is 29.1. The fraction of sp³-hybridized carbons (Fsp3) is 0.519. The van der Waals surface area contributed by atoms with Crippen molar-refractivity contribution in [1.82, 2.24) is 10.3 Å². The average molecular weight is 451 g/mol. The van der Waals surface area contributed by atoms with Crippen LogP contribution in [-0.4, -0.2) is 28.6 Å². The molecule has 4 rings (SSSR count). The SMILES string of the molecule is C[C@H](NC(=O)C1(c2ccnc(OCC3CCCCC3)c2)CCCC1)c1ccc(C(=O)O)cc1. The van der Waals surface area contributed by atoms with Gasteiger partial charge in [0.25, 0.3) is 0 Å². The Labute approximate surface area is 195 Å². The second-order valence-electron chi connectivity index (χ2n) is 9.61. The lowest BCUT2D eigenvalue weighted by atomic mass is 9.78. The Bertz CT molecular complexity index is 960. The minimum Gasteiger partial charge on any atom is -0.478 e. The summed E-state index contributed by atoms with van der Waals surface area (Å²) in [7, 11) is 0. The molecule has 0 saturated heterocycles. The number of hydrogen-bond acceptors (Lipinski definition) is 4. The van der Waals surface area contributed by atoms with Gasteiger partial charge < -0.3 is 15.2 Å². The Morgan fingerprint density at radius 1 is 1.09 bits per heavy atom. The summed E-state index contributed by atoms with van der Waals surface area (Å²) < 4.78 is 6.06. The molecule has 176 valence electrons. The number of amides is 1. The predicted molar refractivity (Wildman–Crippen MR) is 126 cm³/mol. The highest BCUT2D eigenvalue weighted by molar-refractivity contribution is 5.89. The van der Waals surface area contributed by atoms with E-state index in [4.69, 9.17) is 9.84 Å². The lowest BCUT2D eigenvalue weighted by Gasteiger charge is -2.30. The third kappa shape index (κ3) is 5.37. The minimum atomic E-state index is -0.956. The lowest BCUT2D eigenvalue weighted by Crippen LogP contribution is -2.43. The van der Waals surface area contributed by atoms with Crippen LogP contribution in [0, 0.1) is 5.92 Å². The molecule has 0 unspecified atom stereocenters. The van der Waals surface area contributed by atoms with E-state index in [1.54, 1.807) is 30.5 Å². The van der Waals surface area contributed by atoms with E-state index in [-0.39, 0.29) is 17.5 Å². The molecular weight excluding hydrogens is 416 g/mol. The van der Waals surface area contributed by atoms with Gasteiger partial charge in [0.05, 0.1) is 23.6 Å². The molecule has 1 aromatic heterocycles. The molecule has 2 aliphatic carbocycles. The number of carbonyl (C=O) groups is 2. The molecule has 0 spiro atoms. The number of nitrogens with zero attached hydrogens (tertiary/aromatic N) is 1. The number of aromatic carboxylic acids is 1. The second kappa shape index (κ2) is 10.4. The summed E-state index contributed by atoms with van der Waals surface area (Å²) in [5.41, 5.74) is 1.51. The highest BCUT2D eigenvalue weighted by Crippen LogP contribution is 2.42. The summed E-state index contributed by atoms with van der Waals surface area (Å²) in [6, 6.07) is 10.4. The Morgan fingerprint density at radius 3 is 2.45 bits per heavy atom. The smallest absolute Gasteiger partial charge is 0.335 e. The number of hydrogen-bond donors (Lipinski definition) is 2. The molecule has 1 atom stereocenters. The number of nitrogens with one attached hydrogen (secondary N) is 1. The summed E-state index contributed by atoms with van der Waals surface area (Å²) >= 11 is 0. The molecule has 1 heterocycles. The van der Waals surface area contributed by atoms with Crippen LogP contribution in [-0.2, 0) is 10.2 Å². The van der Waals surface area contributed by atoms with Crippen molar-refractivity contribution in [3.05, 3.63) is 59.3 Å². The van der Waals surface area contributed by atoms with Crippen LogP contribution < -0.4 is 10.1 Å². The number of carboxylic acids is 1. The Kier molecular flexibility index (Phi) is 7.31. The average Bonchev–Trinajstić information content (AvgIpc) is 3.35. The first kappa shape index (κ1) is 23.3. The summed E-state index contributed by atoms with van der Waals surface area (Å²) in [5, 5.41) is 12.3. The summed E-state index contributed by atoms with van der Waals surface area (Å²) in [5.74, 6) is 0.261. The van der Waals surface area contributed by atoms with Gasteiger partial charge in [-0.05, 0) is 67.9 Å². The Hall–Kier alpha value is -2.89. The van der Waals surface area contributed by atoms with E-state index in [0.29, 0.717) is 18.4 Å². The first-order valence-corrected chi connectivity index (χ1v) is 12.2. The van der Waals surface area contributed by atoms with Crippen molar-refractivity contribution >= 4 is 11.9 Å². The van der Waals surface area contributed by atoms with Crippen molar-refractivity contribution in [1.29, 1.82) is 0 Å². The van der Waals surface area contributed by atoms with Crippen LogP contribution in [0.25, 0.3) is 0 Å². The first-order valence-electron chi connectivity index (χ1n) is 12.2. The maximum atomic E-state index is 13.6. The highest BCUT2D eigenvalue weighted by atomic mass is 16.5. The molecule has 6 heteroatoms. The summed E-state index contributed by atoms with van der Waals surface area (Å²) in [6.07, 6.45) is 11.7. The molecule has 2 aromatic rings. The largest absolute Gasteiger partial charge is 0.478 e. The van der Waals surface area contributed by atoms with E-state index in [1.807, 2.05) is 19.1 Å². The number of carboxylic acid groups (broad SMARTS) is 1. The fourth-order valence-electron chi connectivity index (χ4n) is 5.30. The summed E-state index contributed by atoms with van der Waals surface area (Å²) in [6.45, 7) is 2.63. The zero-order valence-corrected chi connectivity index (χ0v) is 19.4. The number of ether oxygens (including phenoxy) is 1. The number of rotatable bonds is 8. The van der Waals surface area contributed by atoms with Crippen molar-refractivity contribution in [3.8, 4) is 5.88 Å². The van der Waals surface area contributed by atoms with Gasteiger partial charge in [-0.1, -0.05) is 44.2 Å². The van der Waals surface area contributed by atoms with Gasteiger partial charge in [-0.15, -0.1) is 0 Å². The van der Waals surface area contributed by atoms with Gasteiger partial charge in [0.1, 0.15) is 0 Å². The maximum absolute atomic E-state index is 13.6. The lowest BCUT2D eigenvalue weighted by molar-refractivity contribution is -0.127. The van der Waals surface area contributed by atoms with Crippen LogP contribution in [0.2, 0.25) is 0 Å². The van der Waals surface area contributed by atoms with Crippen LogP contribution in [0.1, 0.15) is 92.2 Å². The Morgan fingerprint density at radius 2 is 1.79 bits per heavy atom. The van der Waals surface area contributed by atoms with Gasteiger partial charge in [0.15, 0.2) is 0 Å². The standard InChI is InChI=1S/C27H34N2O4/c1-19(21-9-11-22(12-10-21)25(30)31)29-26(32)27(14-5-6-15-27)23-13-16-28-24(17-23)33-18-20-7-3-2-4-8-20/h9-13,16-17,19-20H,2-8,14-15,18H2,1H3,(H,29,32)(H,30,31)/t19-/m0/s1. The monoisotopic (exact) mass is 450 g/mol. The van der Waals surface area contributed by atoms with Crippen molar-refractivity contribution in [2.75, 3.05) is 6.61 Å². The molecule has 6 nitrogen and oxygen atoms in total. The van der Waals surface area contributed by atoms with Crippen molar-refractivity contribution in [3.63, 3.8) is 0 Å². The van der Waals surface area contributed by atoms with Crippen LogP contribution in [0.15, 0.2) is 42.6 Å². The van der Waals surface area contributed by atoms with Crippen LogP contribution in [0.5, 0.6) is 5.88 Å². The van der Waals surface area contributed by atoms with Gasteiger partial charge in [-0.25, -0.2) is 9.78 Å². The zero-order chi connectivity index (χ0) is 23.3. The number of aromatic nitrogens is 1. The van der Waals surface area contributed by atoms with E-state index in [1.165, 1.54) is 32.1 Å². The highest BCUT2D eigenvalue weighted by Gasteiger charge is 2.43. The first-order chi connectivity index (χ1) is 16.0. The normalized spacial score (nSPS) is 19.1. The minimum absolute atomic E-state index is 0.0132. The van der Waals surface area contributed by atoms with Crippen molar-refractivity contribution in [2.24, 2.45) is 5.92 Å². The zero-order valence-electron chi connectivity index (χ0n) is 19.4. The molecular formula is C27H34N2O4. The quantitative estimate of drug-likeness (QED) is 0.560. The van der Waals surface area contributed by atoms with E-state index >= 15 is 0 Å². The van der Waals surface area contributed by atoms with Crippen LogP contribution >= 0.6 is 0 Å². The molecule has 1 aromatic carbocycles. The molecule has 2 fully saturated rings. The topological polar surface area (TPSA) is 88.5 Å². The van der Waals surface area contributed by atoms with Gasteiger partial charge in [0.2, 0.25) is 11.8 Å². The number of benzene rings is 1. The molecule has 2 aliphatic rings. The predicted octanol–water partition coefficient (Wildman–Crippen LogP) is 5.43. The fourth-order valence-corrected chi connectivity index (χ4v) is 5.30. The van der Waals surface area contributed by atoms with E-state index in [2.05, 4.69) is 10.3 Å². The third-order valence-electron chi connectivity index (χ3n) is 7.38. The van der Waals surface area contributed by atoms with E-state index in [9.17, 15) is 9.59 Å². The van der Waals surface area contributed by atoms with Crippen molar-refractivity contribution in [2.45, 2.75) is 76.2 Å². The molecule has 33 heavy (non-hydrogen) atoms. The van der Waals surface area contributed by atoms with Crippen LogP contribution in [0.3, 0.4) is 0 Å². The van der Waals surface area contributed by atoms with Gasteiger partial charge in [-0.2, -0.15) is 0 Å². The van der Waals surface area contributed by atoms with E-state index < -0.39 is 11.4 Å². The van der Waals surface area contributed by atoms with Gasteiger partial charge >= 0.3 is 5.97 Å². The maximum Gasteiger partial charge on any atom is 0.335 e. The second-order valence-corrected chi connectivity index (χ2v) is 9.61. The molecule has 2 N–H and O–H groups in total. The molecule has 1 amide bonds. The van der Waals surface area contributed by atoms with Crippen LogP contribution in [0.4, 0.5) is 0 Å². The Balaban J connectivity index is 1.47. The number of carbonyl (C=O) groups excluding carboxylic acids is 1. The molecule has 0 radical (unpaired) electrons. The molecule has 2 saturated carbocycles.